The van der Waals surface area contributed by atoms with E-state index in [0.29, 0.717) is 15.0 Å². The summed E-state index contributed by atoms with van der Waals surface area (Å²) < 4.78 is 0.494. The van der Waals surface area contributed by atoms with Crippen LogP contribution in [0.1, 0.15) is 10.6 Å². The third-order valence-corrected chi connectivity index (χ3v) is 4.49. The number of aromatic hydroxyl groups is 2. The number of hydrazone groups is 1. The Balaban J connectivity index is 2.02. The van der Waals surface area contributed by atoms with E-state index in [-0.39, 0.29) is 27.5 Å². The Morgan fingerprint density at radius 1 is 1.41 bits per heavy atom. The van der Waals surface area contributed by atoms with E-state index in [2.05, 4.69) is 52.6 Å². The van der Waals surface area contributed by atoms with E-state index in [0.717, 1.165) is 11.3 Å². The number of nitrogen functional groups attached to an aromatic ring is 1. The molecule has 1 heterocycles. The summed E-state index contributed by atoms with van der Waals surface area (Å²) in [6.45, 7) is 0. The molecule has 0 atom stereocenters. The van der Waals surface area contributed by atoms with Gasteiger partial charge in [0.05, 0.1) is 17.1 Å². The minimum absolute atomic E-state index is 0.00115. The number of amides is 1. The predicted molar refractivity (Wildman–Crippen MR) is 88.9 cm³/mol. The fraction of sp³-hybridized carbons (Fsp3) is 0.0909. The number of carbonyl (C=O) groups is 1. The van der Waals surface area contributed by atoms with Crippen molar-refractivity contribution in [2.24, 2.45) is 5.10 Å². The number of nitrogens with zero attached hydrogens (tertiary/aromatic N) is 3. The first-order chi connectivity index (χ1) is 10.4. The number of anilines is 1. The molecule has 0 aliphatic rings. The lowest BCUT2D eigenvalue weighted by Gasteiger charge is -2.06. The molecular weight excluding hydrogens is 442 g/mol. The van der Waals surface area contributed by atoms with Crippen molar-refractivity contribution >= 4 is 60.5 Å². The van der Waals surface area contributed by atoms with Crippen molar-refractivity contribution in [2.75, 3.05) is 5.73 Å². The number of hydrogen-bond acceptors (Lipinski definition) is 8. The Morgan fingerprint density at radius 3 is 2.77 bits per heavy atom. The summed E-state index contributed by atoms with van der Waals surface area (Å²) in [5, 5.41) is 31.3. The van der Waals surface area contributed by atoms with Gasteiger partial charge < -0.3 is 15.9 Å². The number of carbonyl (C=O) groups excluding carboxylic acids is 1. The molecule has 8 nitrogen and oxygen atoms in total. The Kier molecular flexibility index (Phi) is 5.32. The predicted octanol–water partition coefficient (Wildman–Crippen LogP) is 1.75. The number of phenolic OH excluding ortho intramolecular Hbond substituents is 2. The fourth-order valence-electron chi connectivity index (χ4n) is 1.40. The molecule has 0 saturated carbocycles. The van der Waals surface area contributed by atoms with Crippen LogP contribution in [0.5, 0.6) is 11.5 Å². The first kappa shape index (κ1) is 16.6. The van der Waals surface area contributed by atoms with Gasteiger partial charge in [-0.25, -0.2) is 5.43 Å². The van der Waals surface area contributed by atoms with Crippen molar-refractivity contribution in [3.05, 3.63) is 25.6 Å². The third-order valence-electron chi connectivity index (χ3n) is 2.38. The number of phenols is 2. The largest absolute Gasteiger partial charge is 0.506 e. The van der Waals surface area contributed by atoms with Gasteiger partial charge in [-0.1, -0.05) is 11.3 Å². The molecule has 0 bridgehead atoms. The van der Waals surface area contributed by atoms with Crippen LogP contribution in [0.15, 0.2) is 20.1 Å². The first-order valence-electron chi connectivity index (χ1n) is 5.68. The van der Waals surface area contributed by atoms with Crippen LogP contribution in [0.2, 0.25) is 0 Å². The van der Waals surface area contributed by atoms with E-state index >= 15 is 0 Å². The van der Waals surface area contributed by atoms with Gasteiger partial charge in [-0.15, -0.1) is 10.2 Å². The van der Waals surface area contributed by atoms with Crippen molar-refractivity contribution in [3.8, 4) is 11.5 Å². The Bertz CT molecular complexity index is 750. The van der Waals surface area contributed by atoms with Gasteiger partial charge >= 0.3 is 0 Å². The molecule has 2 rings (SSSR count). The second-order valence-electron chi connectivity index (χ2n) is 3.96. The highest BCUT2D eigenvalue weighted by Gasteiger charge is 2.13. The number of rotatable bonds is 4. The number of nitrogens with one attached hydrogen (secondary N) is 1. The van der Waals surface area contributed by atoms with Crippen LogP contribution in [0.4, 0.5) is 5.13 Å². The molecule has 116 valence electrons. The lowest BCUT2D eigenvalue weighted by molar-refractivity contribution is -0.120. The van der Waals surface area contributed by atoms with Crippen LogP contribution in [0.3, 0.4) is 0 Å². The highest BCUT2D eigenvalue weighted by Crippen LogP contribution is 2.40. The summed E-state index contributed by atoms with van der Waals surface area (Å²) in [6, 6.07) is 1.45. The number of nitrogens with two attached hydrogens (primary N) is 1. The maximum absolute atomic E-state index is 11.6. The van der Waals surface area contributed by atoms with Gasteiger partial charge in [0.15, 0.2) is 0 Å². The summed E-state index contributed by atoms with van der Waals surface area (Å²) in [7, 11) is 0. The van der Waals surface area contributed by atoms with Gasteiger partial charge in [0.2, 0.25) is 11.0 Å². The molecule has 0 aliphatic heterocycles. The number of benzene rings is 1. The average molecular weight is 451 g/mol. The maximum Gasteiger partial charge on any atom is 0.247 e. The van der Waals surface area contributed by atoms with Gasteiger partial charge in [-0.3, -0.25) is 4.79 Å². The highest BCUT2D eigenvalue weighted by atomic mass is 79.9. The summed E-state index contributed by atoms with van der Waals surface area (Å²) in [5.41, 5.74) is 8.01. The zero-order chi connectivity index (χ0) is 16.3. The summed E-state index contributed by atoms with van der Waals surface area (Å²) in [6.07, 6.45) is 1.25. The molecule has 22 heavy (non-hydrogen) atoms. The molecular formula is C11H9Br2N5O3S. The highest BCUT2D eigenvalue weighted by molar-refractivity contribution is 9.11. The summed E-state index contributed by atoms with van der Waals surface area (Å²) in [4.78, 5) is 11.6. The third kappa shape index (κ3) is 3.93. The molecule has 11 heteroatoms. The number of hydrogen-bond donors (Lipinski definition) is 4. The Morgan fingerprint density at radius 2 is 2.14 bits per heavy atom. The standard InChI is InChI=1S/C11H9Br2N5O3S/c12-5-1-4(9(20)8(13)10(5)21)3-15-16-6(19)2-7-17-18-11(14)22-7/h1,3,20-21H,2H2,(H2,14,18)(H,16,19)/b15-3+. The van der Waals surface area contributed by atoms with Crippen LogP contribution >= 0.6 is 43.2 Å². The van der Waals surface area contributed by atoms with Gasteiger partial charge in [0, 0.05) is 5.56 Å². The molecule has 0 fully saturated rings. The molecule has 2 aromatic rings. The molecule has 1 aromatic heterocycles. The maximum atomic E-state index is 11.6. The van der Waals surface area contributed by atoms with E-state index in [1.54, 1.807) is 0 Å². The Labute approximate surface area is 145 Å². The zero-order valence-electron chi connectivity index (χ0n) is 10.7. The molecule has 1 aromatic carbocycles. The topological polar surface area (TPSA) is 134 Å². The van der Waals surface area contributed by atoms with Gasteiger partial charge in [-0.2, -0.15) is 5.10 Å². The molecule has 1 amide bonds. The average Bonchev–Trinajstić information content (AvgIpc) is 2.87. The van der Waals surface area contributed by atoms with Gasteiger partial charge in [-0.05, 0) is 37.9 Å². The minimum Gasteiger partial charge on any atom is -0.506 e. The normalized spacial score (nSPS) is 11.0. The van der Waals surface area contributed by atoms with E-state index in [1.807, 2.05) is 0 Å². The van der Waals surface area contributed by atoms with E-state index in [4.69, 9.17) is 5.73 Å². The fourth-order valence-corrected chi connectivity index (χ4v) is 3.17. The second kappa shape index (κ2) is 7.03. The van der Waals surface area contributed by atoms with Crippen molar-refractivity contribution in [2.45, 2.75) is 6.42 Å². The minimum atomic E-state index is -0.399. The lowest BCUT2D eigenvalue weighted by Crippen LogP contribution is -2.19. The molecule has 0 aliphatic carbocycles. The van der Waals surface area contributed by atoms with Crippen LogP contribution in [-0.4, -0.2) is 32.5 Å². The molecule has 5 N–H and O–H groups in total. The number of aromatic nitrogens is 2. The van der Waals surface area contributed by atoms with E-state index in [9.17, 15) is 15.0 Å². The van der Waals surface area contributed by atoms with Gasteiger partial charge in [0.25, 0.3) is 0 Å². The Hall–Kier alpha value is -1.72. The van der Waals surface area contributed by atoms with E-state index in [1.165, 1.54) is 12.3 Å². The smallest absolute Gasteiger partial charge is 0.247 e. The summed E-state index contributed by atoms with van der Waals surface area (Å²) in [5.74, 6) is -0.730. The van der Waals surface area contributed by atoms with Crippen LogP contribution < -0.4 is 11.2 Å². The SMILES string of the molecule is Nc1nnc(CC(=O)N/N=C/c2cc(Br)c(O)c(Br)c2O)s1. The van der Waals surface area contributed by atoms with Crippen LogP contribution in [0.25, 0.3) is 0 Å². The van der Waals surface area contributed by atoms with Crippen LogP contribution in [-0.2, 0) is 11.2 Å². The lowest BCUT2D eigenvalue weighted by atomic mass is 10.2. The van der Waals surface area contributed by atoms with Gasteiger partial charge in [0.1, 0.15) is 21.0 Å². The van der Waals surface area contributed by atoms with Crippen LogP contribution in [0, 0.1) is 0 Å². The zero-order valence-corrected chi connectivity index (χ0v) is 14.7. The monoisotopic (exact) mass is 449 g/mol. The van der Waals surface area contributed by atoms with Crippen molar-refractivity contribution in [1.82, 2.24) is 15.6 Å². The molecule has 0 saturated heterocycles. The number of halogens is 2. The first-order valence-corrected chi connectivity index (χ1v) is 8.08. The van der Waals surface area contributed by atoms with Crippen molar-refractivity contribution < 1.29 is 15.0 Å². The molecule has 0 unspecified atom stereocenters. The quantitative estimate of drug-likeness (QED) is 0.414. The van der Waals surface area contributed by atoms with Crippen molar-refractivity contribution in [3.63, 3.8) is 0 Å². The summed E-state index contributed by atoms with van der Waals surface area (Å²) >= 11 is 7.29. The molecule has 0 radical (unpaired) electrons. The van der Waals surface area contributed by atoms with E-state index < -0.39 is 5.91 Å². The molecule has 0 spiro atoms. The second-order valence-corrected chi connectivity index (χ2v) is 6.70. The van der Waals surface area contributed by atoms with Crippen molar-refractivity contribution in [1.29, 1.82) is 0 Å².